The monoisotopic (exact) mass is 345 g/mol. The second-order valence-electron chi connectivity index (χ2n) is 4.69. The van der Waals surface area contributed by atoms with Crippen LogP contribution in [0.1, 0.15) is 6.92 Å². The van der Waals surface area contributed by atoms with Gasteiger partial charge in [-0.1, -0.05) is 0 Å². The Morgan fingerprint density at radius 3 is 2.00 bits per heavy atom. The fourth-order valence-electron chi connectivity index (χ4n) is 1.81. The van der Waals surface area contributed by atoms with Crippen LogP contribution in [0, 0.1) is 10.1 Å². The lowest BCUT2D eigenvalue weighted by atomic mass is 10.3. The summed E-state index contributed by atoms with van der Waals surface area (Å²) in [5.74, 6) is 0.278. The molecule has 0 unspecified atom stereocenters. The van der Waals surface area contributed by atoms with Crippen LogP contribution in [0.2, 0.25) is 0 Å². The average molecular weight is 345 g/mol. The van der Waals surface area contributed by atoms with Crippen LogP contribution in [0.3, 0.4) is 0 Å². The Hall–Kier alpha value is -3.62. The summed E-state index contributed by atoms with van der Waals surface area (Å²) >= 11 is 0. The van der Waals surface area contributed by atoms with E-state index in [9.17, 15) is 19.7 Å². The number of anilines is 2. The highest BCUT2D eigenvalue weighted by molar-refractivity contribution is 5.99. The Morgan fingerprint density at radius 1 is 1.00 bits per heavy atom. The van der Waals surface area contributed by atoms with Crippen LogP contribution < -0.4 is 15.4 Å². The SMILES string of the molecule is CCOC(=O)Oc1ccc(NC(=O)Nc2ccc([N+](=O)[O-])cc2)cc1. The Balaban J connectivity index is 1.89. The zero-order valence-electron chi connectivity index (χ0n) is 13.2. The molecule has 2 rings (SSSR count). The molecule has 25 heavy (non-hydrogen) atoms. The van der Waals surface area contributed by atoms with Gasteiger partial charge in [-0.2, -0.15) is 0 Å². The molecule has 2 aromatic rings. The molecule has 9 nitrogen and oxygen atoms in total. The number of hydrogen-bond acceptors (Lipinski definition) is 6. The van der Waals surface area contributed by atoms with E-state index in [2.05, 4.69) is 15.4 Å². The van der Waals surface area contributed by atoms with Crippen molar-refractivity contribution >= 4 is 29.2 Å². The molecule has 0 aromatic heterocycles. The number of benzene rings is 2. The quantitative estimate of drug-likeness (QED) is 0.368. The van der Waals surface area contributed by atoms with Gasteiger partial charge in [0.25, 0.3) is 5.69 Å². The van der Waals surface area contributed by atoms with Crippen molar-refractivity contribution < 1.29 is 24.0 Å². The lowest BCUT2D eigenvalue weighted by molar-refractivity contribution is -0.384. The normalized spacial score (nSPS) is 9.80. The van der Waals surface area contributed by atoms with Crippen molar-refractivity contribution in [1.82, 2.24) is 0 Å². The summed E-state index contributed by atoms with van der Waals surface area (Å²) in [6.07, 6.45) is -0.806. The van der Waals surface area contributed by atoms with Gasteiger partial charge in [0, 0.05) is 23.5 Å². The molecule has 0 radical (unpaired) electrons. The number of carbonyl (C=O) groups excluding carboxylic acids is 2. The molecule has 0 fully saturated rings. The summed E-state index contributed by atoms with van der Waals surface area (Å²) in [5, 5.41) is 15.7. The van der Waals surface area contributed by atoms with E-state index in [1.165, 1.54) is 36.4 Å². The van der Waals surface area contributed by atoms with E-state index >= 15 is 0 Å². The van der Waals surface area contributed by atoms with Gasteiger partial charge in [-0.3, -0.25) is 10.1 Å². The number of carbonyl (C=O) groups is 2. The lowest BCUT2D eigenvalue weighted by Gasteiger charge is -2.08. The van der Waals surface area contributed by atoms with Gasteiger partial charge in [0.1, 0.15) is 5.75 Å². The Labute approximate surface area is 142 Å². The topological polar surface area (TPSA) is 120 Å². The highest BCUT2D eigenvalue weighted by Crippen LogP contribution is 2.18. The maximum absolute atomic E-state index is 11.9. The van der Waals surface area contributed by atoms with E-state index < -0.39 is 17.1 Å². The minimum atomic E-state index is -0.806. The number of ether oxygens (including phenoxy) is 2. The molecular formula is C16H15N3O6. The number of nitrogens with one attached hydrogen (secondary N) is 2. The van der Waals surface area contributed by atoms with Gasteiger partial charge in [0.15, 0.2) is 0 Å². The maximum atomic E-state index is 11.9. The van der Waals surface area contributed by atoms with Crippen molar-refractivity contribution in [2.75, 3.05) is 17.2 Å². The van der Waals surface area contributed by atoms with E-state index in [1.807, 2.05) is 0 Å². The van der Waals surface area contributed by atoms with Crippen molar-refractivity contribution in [3.8, 4) is 5.75 Å². The molecule has 0 spiro atoms. The lowest BCUT2D eigenvalue weighted by Crippen LogP contribution is -2.19. The third-order valence-corrected chi connectivity index (χ3v) is 2.91. The second-order valence-corrected chi connectivity index (χ2v) is 4.69. The van der Waals surface area contributed by atoms with E-state index in [1.54, 1.807) is 19.1 Å². The fourth-order valence-corrected chi connectivity index (χ4v) is 1.81. The van der Waals surface area contributed by atoms with E-state index in [4.69, 9.17) is 4.74 Å². The van der Waals surface area contributed by atoms with Gasteiger partial charge in [0.05, 0.1) is 11.5 Å². The summed E-state index contributed by atoms with van der Waals surface area (Å²) in [6, 6.07) is 11.0. The Morgan fingerprint density at radius 2 is 1.52 bits per heavy atom. The molecule has 0 bridgehead atoms. The molecule has 0 aliphatic rings. The third-order valence-electron chi connectivity index (χ3n) is 2.91. The predicted octanol–water partition coefficient (Wildman–Crippen LogP) is 3.77. The van der Waals surface area contributed by atoms with Crippen LogP contribution >= 0.6 is 0 Å². The van der Waals surface area contributed by atoms with Gasteiger partial charge in [-0.15, -0.1) is 0 Å². The van der Waals surface area contributed by atoms with Crippen LogP contribution in [-0.2, 0) is 4.74 Å². The molecule has 9 heteroatoms. The van der Waals surface area contributed by atoms with E-state index in [0.717, 1.165) is 0 Å². The minimum Gasteiger partial charge on any atom is -0.434 e. The van der Waals surface area contributed by atoms with Crippen molar-refractivity contribution in [2.24, 2.45) is 0 Å². The minimum absolute atomic E-state index is 0.0665. The first-order chi connectivity index (χ1) is 12.0. The van der Waals surface area contributed by atoms with Gasteiger partial charge < -0.3 is 20.1 Å². The van der Waals surface area contributed by atoms with Crippen LogP contribution in [0.5, 0.6) is 5.75 Å². The van der Waals surface area contributed by atoms with Crippen molar-refractivity contribution in [3.05, 3.63) is 58.6 Å². The van der Waals surface area contributed by atoms with Crippen molar-refractivity contribution in [3.63, 3.8) is 0 Å². The van der Waals surface area contributed by atoms with Gasteiger partial charge in [-0.05, 0) is 43.3 Å². The number of rotatable bonds is 5. The molecule has 2 amide bonds. The fraction of sp³-hybridized carbons (Fsp3) is 0.125. The van der Waals surface area contributed by atoms with Gasteiger partial charge in [0.2, 0.25) is 0 Å². The number of nitrogens with zero attached hydrogens (tertiary/aromatic N) is 1. The number of urea groups is 1. The summed E-state index contributed by atoms with van der Waals surface area (Å²) < 4.78 is 9.54. The highest BCUT2D eigenvalue weighted by atomic mass is 16.7. The number of nitro benzene ring substituents is 1. The van der Waals surface area contributed by atoms with Gasteiger partial charge in [-0.25, -0.2) is 9.59 Å². The molecule has 0 heterocycles. The molecule has 130 valence electrons. The summed E-state index contributed by atoms with van der Waals surface area (Å²) in [5.41, 5.74) is 0.809. The van der Waals surface area contributed by atoms with Crippen molar-refractivity contribution in [2.45, 2.75) is 6.92 Å². The standard InChI is InChI=1S/C16H15N3O6/c1-2-24-16(21)25-14-9-5-12(6-10-14)18-15(20)17-11-3-7-13(8-4-11)19(22)23/h3-10H,2H2,1H3,(H2,17,18,20). The number of nitro groups is 1. The zero-order valence-corrected chi connectivity index (χ0v) is 13.2. The largest absolute Gasteiger partial charge is 0.513 e. The average Bonchev–Trinajstić information content (AvgIpc) is 2.57. The first-order valence-corrected chi connectivity index (χ1v) is 7.25. The third kappa shape index (κ3) is 5.50. The molecule has 0 saturated carbocycles. The number of non-ortho nitro benzene ring substituents is 1. The molecule has 0 saturated heterocycles. The summed E-state index contributed by atoms with van der Waals surface area (Å²) in [7, 11) is 0. The Kier molecular flexibility index (Phi) is 5.88. The van der Waals surface area contributed by atoms with Crippen molar-refractivity contribution in [1.29, 1.82) is 0 Å². The second kappa shape index (κ2) is 8.29. The predicted molar refractivity (Wildman–Crippen MR) is 89.8 cm³/mol. The van der Waals surface area contributed by atoms with E-state index in [-0.39, 0.29) is 18.0 Å². The maximum Gasteiger partial charge on any atom is 0.513 e. The van der Waals surface area contributed by atoms with Crippen LogP contribution in [-0.4, -0.2) is 23.7 Å². The van der Waals surface area contributed by atoms with Crippen LogP contribution in [0.25, 0.3) is 0 Å². The molecule has 2 N–H and O–H groups in total. The smallest absolute Gasteiger partial charge is 0.434 e. The summed E-state index contributed by atoms with van der Waals surface area (Å²) in [4.78, 5) is 33.1. The van der Waals surface area contributed by atoms with E-state index in [0.29, 0.717) is 11.4 Å². The molecule has 0 atom stereocenters. The zero-order chi connectivity index (χ0) is 18.2. The highest BCUT2D eigenvalue weighted by Gasteiger charge is 2.08. The van der Waals surface area contributed by atoms with Gasteiger partial charge >= 0.3 is 12.2 Å². The molecule has 0 aliphatic carbocycles. The first kappa shape index (κ1) is 17.7. The summed E-state index contributed by atoms with van der Waals surface area (Å²) in [6.45, 7) is 1.87. The number of amides is 2. The molecule has 0 aliphatic heterocycles. The molecular weight excluding hydrogens is 330 g/mol. The first-order valence-electron chi connectivity index (χ1n) is 7.25. The molecule has 2 aromatic carbocycles. The Bertz CT molecular complexity index is 758. The van der Waals surface area contributed by atoms with Crippen LogP contribution in [0.15, 0.2) is 48.5 Å². The van der Waals surface area contributed by atoms with Crippen LogP contribution in [0.4, 0.5) is 26.7 Å². The number of hydrogen-bond donors (Lipinski definition) is 2.